The molecule has 1 aromatic carbocycles. The van der Waals surface area contributed by atoms with Crippen molar-refractivity contribution in [2.45, 2.75) is 39.7 Å². The summed E-state index contributed by atoms with van der Waals surface area (Å²) in [5.41, 5.74) is 2.56. The van der Waals surface area contributed by atoms with Gasteiger partial charge in [0, 0.05) is 29.5 Å². The van der Waals surface area contributed by atoms with Crippen molar-refractivity contribution in [3.05, 3.63) is 29.3 Å². The first kappa shape index (κ1) is 20.1. The lowest BCUT2D eigenvalue weighted by atomic mass is 9.85. The van der Waals surface area contributed by atoms with Crippen molar-refractivity contribution in [3.8, 4) is 11.5 Å². The second-order valence-corrected chi connectivity index (χ2v) is 6.70. The largest absolute Gasteiger partial charge is 0.493 e. The van der Waals surface area contributed by atoms with E-state index in [0.29, 0.717) is 37.9 Å². The Hall–Kier alpha value is -2.21. The average Bonchev–Trinajstić information content (AvgIpc) is 2.57. The zero-order valence-electron chi connectivity index (χ0n) is 16.3. The number of fused-ring (bicyclic) bond motifs is 1. The molecule has 2 rings (SSSR count). The van der Waals surface area contributed by atoms with Crippen LogP contribution >= 0.6 is 0 Å². The van der Waals surface area contributed by atoms with Crippen molar-refractivity contribution in [3.63, 3.8) is 0 Å². The standard InChI is InChI=1S/C20H29NO5/c1-6-24-8-9-26-18-11-15-14(10-17(18)23-5)13-20(3,4)21-16(15)12-19(22)25-7-2/h10-12,21H,6-9,13H2,1-5H3. The normalized spacial score (nSPS) is 16.6. The maximum absolute atomic E-state index is 12.0. The van der Waals surface area contributed by atoms with Crippen LogP contribution in [0.15, 0.2) is 18.2 Å². The molecule has 26 heavy (non-hydrogen) atoms. The number of rotatable bonds is 8. The van der Waals surface area contributed by atoms with Crippen LogP contribution in [0, 0.1) is 0 Å². The molecule has 1 aliphatic heterocycles. The minimum absolute atomic E-state index is 0.187. The Morgan fingerprint density at radius 3 is 2.62 bits per heavy atom. The first-order valence-electron chi connectivity index (χ1n) is 8.98. The maximum atomic E-state index is 12.0. The number of benzene rings is 1. The monoisotopic (exact) mass is 363 g/mol. The zero-order chi connectivity index (χ0) is 19.2. The van der Waals surface area contributed by atoms with Gasteiger partial charge in [-0.25, -0.2) is 4.79 Å². The zero-order valence-corrected chi connectivity index (χ0v) is 16.3. The molecule has 0 spiro atoms. The third-order valence-electron chi connectivity index (χ3n) is 4.02. The number of hydrogen-bond donors (Lipinski definition) is 1. The van der Waals surface area contributed by atoms with E-state index < -0.39 is 0 Å². The Bertz CT molecular complexity index is 666. The van der Waals surface area contributed by atoms with Gasteiger partial charge in [0.15, 0.2) is 11.5 Å². The Balaban J connectivity index is 2.38. The van der Waals surface area contributed by atoms with Crippen LogP contribution < -0.4 is 14.8 Å². The lowest BCUT2D eigenvalue weighted by Gasteiger charge is -2.36. The average molecular weight is 363 g/mol. The fraction of sp³-hybridized carbons (Fsp3) is 0.550. The van der Waals surface area contributed by atoms with E-state index in [0.717, 1.165) is 23.2 Å². The molecule has 144 valence electrons. The molecule has 0 unspecified atom stereocenters. The van der Waals surface area contributed by atoms with E-state index in [-0.39, 0.29) is 11.5 Å². The second-order valence-electron chi connectivity index (χ2n) is 6.70. The van der Waals surface area contributed by atoms with Crippen LogP contribution in [-0.4, -0.2) is 45.0 Å². The summed E-state index contributed by atoms with van der Waals surface area (Å²) in [5.74, 6) is 0.934. The predicted molar refractivity (Wildman–Crippen MR) is 101 cm³/mol. The van der Waals surface area contributed by atoms with Gasteiger partial charge in [-0.2, -0.15) is 0 Å². The van der Waals surface area contributed by atoms with Crippen LogP contribution in [0.5, 0.6) is 11.5 Å². The molecule has 6 nitrogen and oxygen atoms in total. The maximum Gasteiger partial charge on any atom is 0.332 e. The molecule has 0 radical (unpaired) electrons. The Morgan fingerprint density at radius 2 is 1.96 bits per heavy atom. The molecule has 0 aliphatic carbocycles. The van der Waals surface area contributed by atoms with Gasteiger partial charge in [0.2, 0.25) is 0 Å². The minimum Gasteiger partial charge on any atom is -0.493 e. The van der Waals surface area contributed by atoms with E-state index >= 15 is 0 Å². The molecule has 0 saturated heterocycles. The third kappa shape index (κ3) is 5.14. The second kappa shape index (κ2) is 8.94. The topological polar surface area (TPSA) is 66.0 Å². The fourth-order valence-corrected chi connectivity index (χ4v) is 2.99. The lowest BCUT2D eigenvalue weighted by Crippen LogP contribution is -2.44. The van der Waals surface area contributed by atoms with Crippen LogP contribution in [0.25, 0.3) is 5.70 Å². The molecule has 1 aliphatic rings. The summed E-state index contributed by atoms with van der Waals surface area (Å²) < 4.78 is 21.7. The van der Waals surface area contributed by atoms with Gasteiger partial charge in [0.25, 0.3) is 0 Å². The predicted octanol–water partition coefficient (Wildman–Crippen LogP) is 2.94. The molecular weight excluding hydrogens is 334 g/mol. The van der Waals surface area contributed by atoms with Crippen molar-refractivity contribution in [2.75, 3.05) is 33.5 Å². The van der Waals surface area contributed by atoms with Crippen LogP contribution in [0.3, 0.4) is 0 Å². The van der Waals surface area contributed by atoms with Gasteiger partial charge < -0.3 is 24.3 Å². The summed E-state index contributed by atoms with van der Waals surface area (Å²) in [6.45, 7) is 9.84. The van der Waals surface area contributed by atoms with Gasteiger partial charge in [-0.15, -0.1) is 0 Å². The number of carbonyl (C=O) groups excluding carboxylic acids is 1. The molecule has 0 saturated carbocycles. The van der Waals surface area contributed by atoms with E-state index in [9.17, 15) is 4.79 Å². The van der Waals surface area contributed by atoms with Gasteiger partial charge in [-0.1, -0.05) is 0 Å². The van der Waals surface area contributed by atoms with Gasteiger partial charge in [-0.3, -0.25) is 0 Å². The van der Waals surface area contributed by atoms with Crippen molar-refractivity contribution < 1.29 is 23.7 Å². The molecule has 6 heteroatoms. The number of nitrogens with one attached hydrogen (secondary N) is 1. The molecular formula is C20H29NO5. The van der Waals surface area contributed by atoms with Crippen LogP contribution in [0.4, 0.5) is 0 Å². The Kier molecular flexibility index (Phi) is 6.91. The highest BCUT2D eigenvalue weighted by molar-refractivity contribution is 5.92. The van der Waals surface area contributed by atoms with Crippen LogP contribution in [0.2, 0.25) is 0 Å². The molecule has 1 heterocycles. The smallest absolute Gasteiger partial charge is 0.332 e. The summed E-state index contributed by atoms with van der Waals surface area (Å²) in [6, 6.07) is 3.89. The summed E-state index contributed by atoms with van der Waals surface area (Å²) in [7, 11) is 1.62. The summed E-state index contributed by atoms with van der Waals surface area (Å²) in [4.78, 5) is 12.0. The minimum atomic E-state index is -0.367. The molecule has 0 atom stereocenters. The van der Waals surface area contributed by atoms with Gasteiger partial charge in [-0.05, 0) is 51.8 Å². The number of esters is 1. The summed E-state index contributed by atoms with van der Waals surface area (Å²) in [5, 5.41) is 3.42. The quantitative estimate of drug-likeness (QED) is 0.435. The number of methoxy groups -OCH3 is 1. The fourth-order valence-electron chi connectivity index (χ4n) is 2.99. The molecule has 0 fully saturated rings. The SMILES string of the molecule is CCOCCOc1cc2c(cc1OC)CC(C)(C)NC2=CC(=O)OCC. The van der Waals surface area contributed by atoms with E-state index in [2.05, 4.69) is 19.2 Å². The van der Waals surface area contributed by atoms with Gasteiger partial charge in [0.05, 0.1) is 20.3 Å². The summed E-state index contributed by atoms with van der Waals surface area (Å²) in [6.07, 6.45) is 2.30. The first-order chi connectivity index (χ1) is 12.4. The molecule has 1 N–H and O–H groups in total. The van der Waals surface area contributed by atoms with E-state index in [1.165, 1.54) is 6.08 Å². The highest BCUT2D eigenvalue weighted by Crippen LogP contribution is 2.38. The number of ether oxygens (including phenoxy) is 4. The van der Waals surface area contributed by atoms with Crippen molar-refractivity contribution in [1.29, 1.82) is 0 Å². The molecule has 0 amide bonds. The Labute approximate surface area is 155 Å². The molecule has 1 aromatic rings. The third-order valence-corrected chi connectivity index (χ3v) is 4.02. The lowest BCUT2D eigenvalue weighted by molar-refractivity contribution is -0.137. The number of hydrogen-bond acceptors (Lipinski definition) is 6. The highest BCUT2D eigenvalue weighted by Gasteiger charge is 2.29. The first-order valence-corrected chi connectivity index (χ1v) is 8.98. The van der Waals surface area contributed by atoms with Crippen molar-refractivity contribution in [2.24, 2.45) is 0 Å². The summed E-state index contributed by atoms with van der Waals surface area (Å²) >= 11 is 0. The van der Waals surface area contributed by atoms with Crippen LogP contribution in [0.1, 0.15) is 38.8 Å². The molecule has 0 bridgehead atoms. The molecule has 0 aromatic heterocycles. The van der Waals surface area contributed by atoms with Crippen molar-refractivity contribution in [1.82, 2.24) is 5.32 Å². The van der Waals surface area contributed by atoms with Gasteiger partial charge in [0.1, 0.15) is 6.61 Å². The Morgan fingerprint density at radius 1 is 1.19 bits per heavy atom. The van der Waals surface area contributed by atoms with Gasteiger partial charge >= 0.3 is 5.97 Å². The van der Waals surface area contributed by atoms with E-state index in [1.54, 1.807) is 14.0 Å². The van der Waals surface area contributed by atoms with E-state index in [4.69, 9.17) is 18.9 Å². The van der Waals surface area contributed by atoms with Crippen molar-refractivity contribution >= 4 is 11.7 Å². The number of carbonyl (C=O) groups is 1. The van der Waals surface area contributed by atoms with Crippen LogP contribution in [-0.2, 0) is 20.7 Å². The van der Waals surface area contributed by atoms with E-state index in [1.807, 2.05) is 19.1 Å². The highest BCUT2D eigenvalue weighted by atomic mass is 16.5.